The Morgan fingerprint density at radius 1 is 1.39 bits per heavy atom. The molecule has 1 aromatic carbocycles. The number of hydrogen-bond acceptors (Lipinski definition) is 2. The van der Waals surface area contributed by atoms with Crippen LogP contribution in [-0.2, 0) is 10.8 Å². The van der Waals surface area contributed by atoms with Crippen LogP contribution in [0.1, 0.15) is 45.7 Å². The first-order chi connectivity index (χ1) is 8.15. The molecule has 2 N–H and O–H groups in total. The van der Waals surface area contributed by atoms with Crippen molar-refractivity contribution in [1.29, 1.82) is 0 Å². The molecule has 1 radical (unpaired) electrons. The van der Waals surface area contributed by atoms with Gasteiger partial charge in [0.2, 0.25) is 0 Å². The largest absolute Gasteiger partial charge is 0.482 e. The van der Waals surface area contributed by atoms with Gasteiger partial charge in [-0.05, 0) is 23.6 Å². The lowest BCUT2D eigenvalue weighted by molar-refractivity contribution is 0.230. The summed E-state index contributed by atoms with van der Waals surface area (Å²) in [6.45, 7) is 10.7. The molecule has 0 spiro atoms. The van der Waals surface area contributed by atoms with Crippen molar-refractivity contribution in [1.82, 2.24) is 0 Å². The molecule has 97 valence electrons. The molecule has 1 unspecified atom stereocenters. The van der Waals surface area contributed by atoms with Gasteiger partial charge in [-0.25, -0.2) is 0 Å². The van der Waals surface area contributed by atoms with Gasteiger partial charge in [-0.3, -0.25) is 0 Å². The molecule has 0 aromatic heterocycles. The molecule has 0 amide bonds. The summed E-state index contributed by atoms with van der Waals surface area (Å²) < 4.78 is 6.06. The van der Waals surface area contributed by atoms with E-state index >= 15 is 0 Å². The molecule has 0 aliphatic carbocycles. The molecule has 0 bridgehead atoms. The summed E-state index contributed by atoms with van der Waals surface area (Å²) in [5.41, 5.74) is 7.93. The minimum absolute atomic E-state index is 0.0169. The summed E-state index contributed by atoms with van der Waals surface area (Å²) in [6.07, 6.45) is -0.237. The zero-order valence-corrected chi connectivity index (χ0v) is 12.4. The van der Waals surface area contributed by atoms with Gasteiger partial charge >= 0.3 is 0 Å². The van der Waals surface area contributed by atoms with Crippen molar-refractivity contribution in [2.24, 2.45) is 5.73 Å². The average molecular weight is 262 g/mol. The van der Waals surface area contributed by atoms with E-state index in [1.807, 2.05) is 12.1 Å². The maximum atomic E-state index is 6.06. The quantitative estimate of drug-likeness (QED) is 0.790. The highest BCUT2D eigenvalue weighted by atomic mass is 32.1. The predicted octanol–water partition coefficient (Wildman–Crippen LogP) is 3.11. The second-order valence-electron chi connectivity index (χ2n) is 6.48. The molecular formula is C15H20NOS. The van der Waals surface area contributed by atoms with Gasteiger partial charge in [-0.1, -0.05) is 46.8 Å². The highest BCUT2D eigenvalue weighted by molar-refractivity contribution is 7.80. The first-order valence-electron chi connectivity index (χ1n) is 6.16. The molecule has 0 saturated carbocycles. The SMILES string of the molecule is CC(C)(C)c1c[c]cc2c1OC(C(N)=S)C2(C)C. The van der Waals surface area contributed by atoms with Crippen molar-refractivity contribution in [2.75, 3.05) is 0 Å². The molecule has 18 heavy (non-hydrogen) atoms. The molecule has 1 aliphatic heterocycles. The third-order valence-electron chi connectivity index (χ3n) is 3.60. The molecule has 0 saturated heterocycles. The fraction of sp³-hybridized carbons (Fsp3) is 0.533. The van der Waals surface area contributed by atoms with Crippen LogP contribution < -0.4 is 10.5 Å². The minimum atomic E-state index is -0.237. The van der Waals surface area contributed by atoms with Crippen LogP contribution in [0.2, 0.25) is 0 Å². The molecule has 1 heterocycles. The Bertz CT molecular complexity index is 500. The van der Waals surface area contributed by atoms with Crippen LogP contribution in [0.4, 0.5) is 0 Å². The fourth-order valence-corrected chi connectivity index (χ4v) is 2.81. The normalized spacial score (nSPS) is 21.3. The number of ether oxygens (including phenoxy) is 1. The highest BCUT2D eigenvalue weighted by Gasteiger charge is 2.45. The van der Waals surface area contributed by atoms with Gasteiger partial charge in [-0.2, -0.15) is 0 Å². The van der Waals surface area contributed by atoms with Gasteiger partial charge in [0.05, 0.1) is 0 Å². The maximum absolute atomic E-state index is 6.06. The third-order valence-corrected chi connectivity index (χ3v) is 3.81. The second kappa shape index (κ2) is 3.95. The third kappa shape index (κ3) is 1.91. The van der Waals surface area contributed by atoms with Crippen LogP contribution in [0.3, 0.4) is 0 Å². The van der Waals surface area contributed by atoms with Crippen LogP contribution in [0.15, 0.2) is 12.1 Å². The fourth-order valence-electron chi connectivity index (χ4n) is 2.47. The number of benzene rings is 1. The van der Waals surface area contributed by atoms with Gasteiger partial charge < -0.3 is 10.5 Å². The Hall–Kier alpha value is -1.09. The van der Waals surface area contributed by atoms with Crippen LogP contribution >= 0.6 is 12.2 Å². The van der Waals surface area contributed by atoms with Crippen LogP contribution in [0.5, 0.6) is 5.75 Å². The van der Waals surface area contributed by atoms with Gasteiger partial charge in [0.25, 0.3) is 0 Å². The number of hydrogen-bond donors (Lipinski definition) is 1. The summed E-state index contributed by atoms with van der Waals surface area (Å²) in [5.74, 6) is 0.934. The van der Waals surface area contributed by atoms with Gasteiger partial charge in [0.15, 0.2) is 6.10 Å². The zero-order chi connectivity index (χ0) is 13.7. The number of thiocarbonyl (C=S) groups is 1. The van der Waals surface area contributed by atoms with Crippen LogP contribution in [-0.4, -0.2) is 11.1 Å². The lowest BCUT2D eigenvalue weighted by Gasteiger charge is -2.24. The lowest BCUT2D eigenvalue weighted by Crippen LogP contribution is -2.42. The number of nitrogens with two attached hydrogens (primary N) is 1. The summed E-state index contributed by atoms with van der Waals surface area (Å²) >= 11 is 5.13. The van der Waals surface area contributed by atoms with E-state index in [4.69, 9.17) is 22.7 Å². The molecular weight excluding hydrogens is 242 g/mol. The van der Waals surface area contributed by atoms with Crippen molar-refractivity contribution in [3.63, 3.8) is 0 Å². The summed E-state index contributed by atoms with van der Waals surface area (Å²) in [4.78, 5) is 0.413. The van der Waals surface area contributed by atoms with E-state index < -0.39 is 0 Å². The van der Waals surface area contributed by atoms with Crippen LogP contribution in [0.25, 0.3) is 0 Å². The minimum Gasteiger partial charge on any atom is -0.482 e. The number of fused-ring (bicyclic) bond motifs is 1. The van der Waals surface area contributed by atoms with Crippen molar-refractivity contribution < 1.29 is 4.74 Å². The first-order valence-corrected chi connectivity index (χ1v) is 6.57. The van der Waals surface area contributed by atoms with E-state index in [0.717, 1.165) is 16.9 Å². The van der Waals surface area contributed by atoms with Crippen LogP contribution in [0, 0.1) is 6.07 Å². The summed E-state index contributed by atoms with van der Waals surface area (Å²) in [5, 5.41) is 0. The van der Waals surface area contributed by atoms with Gasteiger partial charge in [-0.15, -0.1) is 0 Å². The topological polar surface area (TPSA) is 35.2 Å². The Balaban J connectivity index is 2.61. The maximum Gasteiger partial charge on any atom is 0.157 e. The monoisotopic (exact) mass is 262 g/mol. The van der Waals surface area contributed by atoms with E-state index in [2.05, 4.69) is 40.7 Å². The predicted molar refractivity (Wildman–Crippen MR) is 78.2 cm³/mol. The summed E-state index contributed by atoms with van der Waals surface area (Å²) in [6, 6.07) is 7.20. The van der Waals surface area contributed by atoms with Crippen molar-refractivity contribution in [3.05, 3.63) is 29.3 Å². The van der Waals surface area contributed by atoms with Crippen molar-refractivity contribution >= 4 is 17.2 Å². The number of rotatable bonds is 1. The summed E-state index contributed by atoms with van der Waals surface area (Å²) in [7, 11) is 0. The Morgan fingerprint density at radius 2 is 2.00 bits per heavy atom. The van der Waals surface area contributed by atoms with E-state index in [1.54, 1.807) is 0 Å². The zero-order valence-electron chi connectivity index (χ0n) is 11.6. The molecule has 2 nitrogen and oxygen atoms in total. The first kappa shape index (κ1) is 13.3. The Kier molecular flexibility index (Phi) is 2.93. The average Bonchev–Trinajstić information content (AvgIpc) is 2.49. The van der Waals surface area contributed by atoms with Gasteiger partial charge in [0.1, 0.15) is 10.7 Å². The molecule has 1 aliphatic rings. The smallest absolute Gasteiger partial charge is 0.157 e. The van der Waals surface area contributed by atoms with Crippen molar-refractivity contribution in [2.45, 2.75) is 51.6 Å². The Labute approximate surface area is 115 Å². The highest BCUT2D eigenvalue weighted by Crippen LogP contribution is 2.47. The van der Waals surface area contributed by atoms with E-state index in [9.17, 15) is 0 Å². The lowest BCUT2D eigenvalue weighted by atomic mass is 9.78. The van der Waals surface area contributed by atoms with Gasteiger partial charge in [0, 0.05) is 16.5 Å². The molecule has 1 aromatic rings. The van der Waals surface area contributed by atoms with E-state index in [0.29, 0.717) is 4.99 Å². The van der Waals surface area contributed by atoms with Crippen molar-refractivity contribution in [3.8, 4) is 5.75 Å². The van der Waals surface area contributed by atoms with E-state index in [1.165, 1.54) is 0 Å². The molecule has 2 rings (SSSR count). The van der Waals surface area contributed by atoms with E-state index in [-0.39, 0.29) is 16.9 Å². The molecule has 1 atom stereocenters. The second-order valence-corrected chi connectivity index (χ2v) is 6.96. The standard InChI is InChI=1S/C15H20NOS/c1-14(2,3)9-7-6-8-10-11(9)17-12(13(16)18)15(10,4)5/h7-8,12H,1-5H3,(H2,16,18). The molecule has 3 heteroatoms. The Morgan fingerprint density at radius 3 is 2.50 bits per heavy atom. The molecule has 0 fully saturated rings.